The van der Waals surface area contributed by atoms with E-state index in [0.717, 1.165) is 30.7 Å². The van der Waals surface area contributed by atoms with Crippen molar-refractivity contribution in [3.63, 3.8) is 0 Å². The van der Waals surface area contributed by atoms with Gasteiger partial charge in [0.15, 0.2) is 0 Å². The van der Waals surface area contributed by atoms with Gasteiger partial charge in [0.2, 0.25) is 0 Å². The molecular weight excluding hydrogens is 250 g/mol. The second-order valence-electron chi connectivity index (χ2n) is 4.43. The van der Waals surface area contributed by atoms with Gasteiger partial charge in [0, 0.05) is 18.0 Å². The molecule has 0 aromatic carbocycles. The molecule has 1 atom stereocenters. The first-order valence-corrected chi connectivity index (χ1v) is 7.06. The van der Waals surface area contributed by atoms with E-state index in [2.05, 4.69) is 5.32 Å². The first-order chi connectivity index (χ1) is 8.70. The van der Waals surface area contributed by atoms with Crippen LogP contribution in [0, 0.1) is 6.92 Å². The average molecular weight is 269 g/mol. The van der Waals surface area contributed by atoms with Crippen molar-refractivity contribution >= 4 is 17.2 Å². The minimum atomic E-state index is -0.0528. The molecule has 1 aliphatic heterocycles. The van der Waals surface area contributed by atoms with E-state index in [1.165, 1.54) is 11.3 Å². The van der Waals surface area contributed by atoms with Crippen molar-refractivity contribution < 1.29 is 14.3 Å². The molecule has 1 N–H and O–H groups in total. The molecule has 2 heterocycles. The number of hydrogen-bond donors (Lipinski definition) is 1. The van der Waals surface area contributed by atoms with E-state index in [0.29, 0.717) is 23.3 Å². The van der Waals surface area contributed by atoms with E-state index in [1.54, 1.807) is 7.11 Å². The first kappa shape index (κ1) is 13.4. The molecule has 1 aromatic heterocycles. The molecule has 4 nitrogen and oxygen atoms in total. The third-order valence-corrected chi connectivity index (χ3v) is 4.05. The number of rotatable bonds is 5. The molecule has 1 amide bonds. The van der Waals surface area contributed by atoms with Crippen LogP contribution in [-0.4, -0.2) is 32.3 Å². The van der Waals surface area contributed by atoms with Gasteiger partial charge < -0.3 is 14.8 Å². The minimum Gasteiger partial charge on any atom is -0.495 e. The van der Waals surface area contributed by atoms with Crippen LogP contribution in [0.4, 0.5) is 0 Å². The maximum absolute atomic E-state index is 12.0. The van der Waals surface area contributed by atoms with E-state index in [-0.39, 0.29) is 5.91 Å². The van der Waals surface area contributed by atoms with Crippen LogP contribution in [0.1, 0.15) is 33.8 Å². The Morgan fingerprint density at radius 3 is 3.17 bits per heavy atom. The largest absolute Gasteiger partial charge is 0.495 e. The number of amides is 1. The Bertz CT molecular complexity index is 410. The fourth-order valence-corrected chi connectivity index (χ4v) is 3.00. The molecule has 1 fully saturated rings. The van der Waals surface area contributed by atoms with Gasteiger partial charge in [0.1, 0.15) is 10.6 Å². The third-order valence-electron chi connectivity index (χ3n) is 3.02. The van der Waals surface area contributed by atoms with Crippen molar-refractivity contribution in [1.29, 1.82) is 0 Å². The number of nitrogens with one attached hydrogen (secondary N) is 1. The van der Waals surface area contributed by atoms with Crippen LogP contribution in [0.3, 0.4) is 0 Å². The Morgan fingerprint density at radius 2 is 2.50 bits per heavy atom. The Hall–Kier alpha value is -1.07. The molecule has 1 aliphatic rings. The molecule has 0 spiro atoms. The number of aryl methyl sites for hydroxylation is 1. The SMILES string of the molecule is COc1cc(C)sc1C(=O)NCCC1CCCO1. The molecule has 1 unspecified atom stereocenters. The fraction of sp³-hybridized carbons (Fsp3) is 0.615. The van der Waals surface area contributed by atoms with Crippen LogP contribution < -0.4 is 10.1 Å². The lowest BCUT2D eigenvalue weighted by Gasteiger charge is -2.10. The maximum Gasteiger partial charge on any atom is 0.265 e. The Labute approximate surface area is 111 Å². The Morgan fingerprint density at radius 1 is 1.67 bits per heavy atom. The van der Waals surface area contributed by atoms with Crippen molar-refractivity contribution in [3.8, 4) is 5.75 Å². The van der Waals surface area contributed by atoms with Crippen LogP contribution in [0.15, 0.2) is 6.07 Å². The molecule has 100 valence electrons. The van der Waals surface area contributed by atoms with Gasteiger partial charge in [-0.25, -0.2) is 0 Å². The molecule has 5 heteroatoms. The molecule has 0 radical (unpaired) electrons. The highest BCUT2D eigenvalue weighted by molar-refractivity contribution is 7.14. The summed E-state index contributed by atoms with van der Waals surface area (Å²) in [6.45, 7) is 3.48. The normalized spacial score (nSPS) is 18.9. The zero-order chi connectivity index (χ0) is 13.0. The lowest BCUT2D eigenvalue weighted by atomic mass is 10.2. The highest BCUT2D eigenvalue weighted by Crippen LogP contribution is 2.28. The number of thiophene rings is 1. The molecular formula is C13H19NO3S. The molecule has 0 aliphatic carbocycles. The van der Waals surface area contributed by atoms with Gasteiger partial charge in [-0.1, -0.05) is 0 Å². The van der Waals surface area contributed by atoms with Crippen LogP contribution in [-0.2, 0) is 4.74 Å². The molecule has 18 heavy (non-hydrogen) atoms. The maximum atomic E-state index is 12.0. The summed E-state index contributed by atoms with van der Waals surface area (Å²) in [7, 11) is 1.59. The lowest BCUT2D eigenvalue weighted by Crippen LogP contribution is -2.26. The summed E-state index contributed by atoms with van der Waals surface area (Å²) in [6, 6.07) is 1.89. The van der Waals surface area contributed by atoms with Crippen LogP contribution in [0.2, 0.25) is 0 Å². The number of hydrogen-bond acceptors (Lipinski definition) is 4. The second-order valence-corrected chi connectivity index (χ2v) is 5.69. The summed E-state index contributed by atoms with van der Waals surface area (Å²) in [5, 5.41) is 2.93. The topological polar surface area (TPSA) is 47.6 Å². The lowest BCUT2D eigenvalue weighted by molar-refractivity contribution is 0.0908. The van der Waals surface area contributed by atoms with Crippen LogP contribution >= 0.6 is 11.3 Å². The summed E-state index contributed by atoms with van der Waals surface area (Å²) in [4.78, 5) is 13.7. The second kappa shape index (κ2) is 6.20. The quantitative estimate of drug-likeness (QED) is 0.892. The standard InChI is InChI=1S/C13H19NO3S/c1-9-8-11(16-2)12(18-9)13(15)14-6-5-10-4-3-7-17-10/h8,10H,3-7H2,1-2H3,(H,14,15). The van der Waals surface area contributed by atoms with Gasteiger partial charge in [-0.3, -0.25) is 4.79 Å². The number of ether oxygens (including phenoxy) is 2. The third kappa shape index (κ3) is 3.23. The van der Waals surface area contributed by atoms with Crippen molar-refractivity contribution in [2.45, 2.75) is 32.3 Å². The van der Waals surface area contributed by atoms with Gasteiger partial charge >= 0.3 is 0 Å². The molecule has 0 bridgehead atoms. The van der Waals surface area contributed by atoms with Crippen molar-refractivity contribution in [2.75, 3.05) is 20.3 Å². The van der Waals surface area contributed by atoms with Crippen molar-refractivity contribution in [1.82, 2.24) is 5.32 Å². The molecule has 1 saturated heterocycles. The zero-order valence-corrected chi connectivity index (χ0v) is 11.6. The summed E-state index contributed by atoms with van der Waals surface area (Å²) in [5.41, 5.74) is 0. The number of carbonyl (C=O) groups excluding carboxylic acids is 1. The van der Waals surface area contributed by atoms with E-state index >= 15 is 0 Å². The van der Waals surface area contributed by atoms with Crippen LogP contribution in [0.25, 0.3) is 0 Å². The summed E-state index contributed by atoms with van der Waals surface area (Å²) < 4.78 is 10.7. The van der Waals surface area contributed by atoms with E-state index in [1.807, 2.05) is 13.0 Å². The van der Waals surface area contributed by atoms with Gasteiger partial charge in [-0.15, -0.1) is 11.3 Å². The Kier molecular flexibility index (Phi) is 4.60. The summed E-state index contributed by atoms with van der Waals surface area (Å²) in [5.74, 6) is 0.607. The van der Waals surface area contributed by atoms with Gasteiger partial charge in [0.05, 0.1) is 13.2 Å². The van der Waals surface area contributed by atoms with E-state index in [4.69, 9.17) is 9.47 Å². The van der Waals surface area contributed by atoms with Gasteiger partial charge in [-0.05, 0) is 32.3 Å². The monoisotopic (exact) mass is 269 g/mol. The fourth-order valence-electron chi connectivity index (χ4n) is 2.10. The molecule has 2 rings (SSSR count). The summed E-state index contributed by atoms with van der Waals surface area (Å²) in [6.07, 6.45) is 3.45. The minimum absolute atomic E-state index is 0.0528. The Balaban J connectivity index is 1.83. The highest BCUT2D eigenvalue weighted by Gasteiger charge is 2.18. The van der Waals surface area contributed by atoms with E-state index < -0.39 is 0 Å². The predicted molar refractivity (Wildman–Crippen MR) is 71.5 cm³/mol. The van der Waals surface area contributed by atoms with Crippen molar-refractivity contribution in [3.05, 3.63) is 15.8 Å². The smallest absolute Gasteiger partial charge is 0.265 e. The van der Waals surface area contributed by atoms with Gasteiger partial charge in [0.25, 0.3) is 5.91 Å². The van der Waals surface area contributed by atoms with Gasteiger partial charge in [-0.2, -0.15) is 0 Å². The molecule has 0 saturated carbocycles. The predicted octanol–water partition coefficient (Wildman–Crippen LogP) is 2.36. The number of carbonyl (C=O) groups is 1. The zero-order valence-electron chi connectivity index (χ0n) is 10.8. The van der Waals surface area contributed by atoms with E-state index in [9.17, 15) is 4.79 Å². The summed E-state index contributed by atoms with van der Waals surface area (Å²) >= 11 is 1.46. The first-order valence-electron chi connectivity index (χ1n) is 6.25. The molecule has 1 aromatic rings. The van der Waals surface area contributed by atoms with Crippen molar-refractivity contribution in [2.24, 2.45) is 0 Å². The number of methoxy groups -OCH3 is 1. The van der Waals surface area contributed by atoms with Crippen LogP contribution in [0.5, 0.6) is 5.75 Å². The average Bonchev–Trinajstić information content (AvgIpc) is 2.98. The highest BCUT2D eigenvalue weighted by atomic mass is 32.1.